The number of aliphatic hydroxyl groups is 2. The lowest BCUT2D eigenvalue weighted by atomic mass is 10.2. The highest BCUT2D eigenvalue weighted by Crippen LogP contribution is 2.30. The molecule has 1 heterocycles. The molecule has 0 bridgehead atoms. The Morgan fingerprint density at radius 3 is 2.62 bits per heavy atom. The van der Waals surface area contributed by atoms with E-state index in [0.29, 0.717) is 12.6 Å². The molecule has 88 valence electrons. The predicted molar refractivity (Wildman–Crippen MR) is 62.4 cm³/mol. The maximum Gasteiger partial charge on any atom is 0.129 e. The summed E-state index contributed by atoms with van der Waals surface area (Å²) >= 11 is 0. The molecule has 0 atom stereocenters. The zero-order chi connectivity index (χ0) is 11.5. The van der Waals surface area contributed by atoms with Crippen LogP contribution >= 0.6 is 0 Å². The molecule has 1 aliphatic carbocycles. The number of pyridine rings is 1. The van der Waals surface area contributed by atoms with Crippen LogP contribution in [0.3, 0.4) is 0 Å². The molecule has 0 aliphatic heterocycles. The normalized spacial score (nSPS) is 15.2. The summed E-state index contributed by atoms with van der Waals surface area (Å²) in [5.41, 5.74) is 1.73. The van der Waals surface area contributed by atoms with Crippen LogP contribution in [-0.2, 0) is 6.61 Å². The SMILES string of the molecule is Cc1nc(N(CCO)C2CC2)ccc1CO. The summed E-state index contributed by atoms with van der Waals surface area (Å²) in [5, 5.41) is 18.1. The minimum absolute atomic E-state index is 0.0303. The minimum atomic E-state index is 0.0303. The summed E-state index contributed by atoms with van der Waals surface area (Å²) in [6.07, 6.45) is 2.37. The zero-order valence-corrected chi connectivity index (χ0v) is 9.56. The maximum absolute atomic E-state index is 9.08. The molecular weight excluding hydrogens is 204 g/mol. The molecule has 1 saturated carbocycles. The number of hydrogen-bond acceptors (Lipinski definition) is 4. The molecule has 0 spiro atoms. The molecule has 0 radical (unpaired) electrons. The van der Waals surface area contributed by atoms with Gasteiger partial charge >= 0.3 is 0 Å². The van der Waals surface area contributed by atoms with Crippen molar-refractivity contribution < 1.29 is 10.2 Å². The molecule has 1 aliphatic rings. The zero-order valence-electron chi connectivity index (χ0n) is 9.56. The molecule has 4 nitrogen and oxygen atoms in total. The molecule has 0 aromatic carbocycles. The first-order valence-electron chi connectivity index (χ1n) is 5.71. The highest BCUT2D eigenvalue weighted by Gasteiger charge is 2.29. The van der Waals surface area contributed by atoms with Crippen molar-refractivity contribution in [3.8, 4) is 0 Å². The van der Waals surface area contributed by atoms with Crippen molar-refractivity contribution >= 4 is 5.82 Å². The van der Waals surface area contributed by atoms with Crippen LogP contribution in [0.2, 0.25) is 0 Å². The fourth-order valence-corrected chi connectivity index (χ4v) is 1.88. The second-order valence-corrected chi connectivity index (χ2v) is 4.22. The van der Waals surface area contributed by atoms with Gasteiger partial charge in [-0.25, -0.2) is 4.98 Å². The van der Waals surface area contributed by atoms with E-state index < -0.39 is 0 Å². The largest absolute Gasteiger partial charge is 0.395 e. The molecule has 0 saturated heterocycles. The van der Waals surface area contributed by atoms with Crippen molar-refractivity contribution in [3.05, 3.63) is 23.4 Å². The highest BCUT2D eigenvalue weighted by molar-refractivity contribution is 5.44. The van der Waals surface area contributed by atoms with Gasteiger partial charge in [-0.05, 0) is 31.4 Å². The van der Waals surface area contributed by atoms with Crippen LogP contribution in [0.15, 0.2) is 12.1 Å². The fraction of sp³-hybridized carbons (Fsp3) is 0.583. The van der Waals surface area contributed by atoms with E-state index in [1.165, 1.54) is 12.8 Å². The van der Waals surface area contributed by atoms with E-state index in [-0.39, 0.29) is 13.2 Å². The van der Waals surface area contributed by atoms with E-state index in [1.807, 2.05) is 19.1 Å². The van der Waals surface area contributed by atoms with Gasteiger partial charge in [0, 0.05) is 18.3 Å². The Kier molecular flexibility index (Phi) is 3.41. The van der Waals surface area contributed by atoms with Crippen LogP contribution in [0.1, 0.15) is 24.1 Å². The van der Waals surface area contributed by atoms with Crippen molar-refractivity contribution in [2.75, 3.05) is 18.1 Å². The molecule has 1 aromatic rings. The summed E-state index contributed by atoms with van der Waals surface area (Å²) < 4.78 is 0. The number of nitrogens with zero attached hydrogens (tertiary/aromatic N) is 2. The number of aromatic nitrogens is 1. The van der Waals surface area contributed by atoms with E-state index in [1.54, 1.807) is 0 Å². The number of anilines is 1. The third-order valence-electron chi connectivity index (χ3n) is 2.97. The van der Waals surface area contributed by atoms with Gasteiger partial charge in [-0.2, -0.15) is 0 Å². The summed E-state index contributed by atoms with van der Waals surface area (Å²) in [6, 6.07) is 4.37. The van der Waals surface area contributed by atoms with Crippen LogP contribution in [-0.4, -0.2) is 34.4 Å². The number of hydrogen-bond donors (Lipinski definition) is 2. The third kappa shape index (κ3) is 2.33. The molecule has 1 aromatic heterocycles. The molecule has 1 fully saturated rings. The van der Waals surface area contributed by atoms with Crippen molar-refractivity contribution in [2.24, 2.45) is 0 Å². The van der Waals surface area contributed by atoms with E-state index in [2.05, 4.69) is 9.88 Å². The summed E-state index contributed by atoms with van der Waals surface area (Å²) in [7, 11) is 0. The molecule has 2 N–H and O–H groups in total. The Morgan fingerprint density at radius 2 is 2.12 bits per heavy atom. The smallest absolute Gasteiger partial charge is 0.129 e. The molecule has 2 rings (SSSR count). The summed E-state index contributed by atoms with van der Waals surface area (Å²) in [5.74, 6) is 0.909. The van der Waals surface area contributed by atoms with Crippen molar-refractivity contribution in [3.63, 3.8) is 0 Å². The number of rotatable bonds is 5. The average Bonchev–Trinajstić information content (AvgIpc) is 3.09. The van der Waals surface area contributed by atoms with Gasteiger partial charge in [-0.15, -0.1) is 0 Å². The van der Waals surface area contributed by atoms with Gasteiger partial charge in [-0.3, -0.25) is 0 Å². The van der Waals surface area contributed by atoms with Gasteiger partial charge < -0.3 is 15.1 Å². The molecule has 0 unspecified atom stereocenters. The van der Waals surface area contributed by atoms with Crippen LogP contribution in [0.25, 0.3) is 0 Å². The van der Waals surface area contributed by atoms with Crippen molar-refractivity contribution in [2.45, 2.75) is 32.4 Å². The first kappa shape index (κ1) is 11.4. The Balaban J connectivity index is 2.20. The van der Waals surface area contributed by atoms with E-state index in [4.69, 9.17) is 10.2 Å². The third-order valence-corrected chi connectivity index (χ3v) is 2.97. The first-order chi connectivity index (χ1) is 7.76. The highest BCUT2D eigenvalue weighted by atomic mass is 16.3. The van der Waals surface area contributed by atoms with Crippen molar-refractivity contribution in [1.82, 2.24) is 4.98 Å². The van der Waals surface area contributed by atoms with Crippen LogP contribution in [0.4, 0.5) is 5.82 Å². The molecular formula is C12H18N2O2. The van der Waals surface area contributed by atoms with E-state index in [9.17, 15) is 0 Å². The van der Waals surface area contributed by atoms with Gasteiger partial charge in [0.2, 0.25) is 0 Å². The lowest BCUT2D eigenvalue weighted by molar-refractivity contribution is 0.280. The number of aliphatic hydroxyl groups excluding tert-OH is 2. The fourth-order valence-electron chi connectivity index (χ4n) is 1.88. The van der Waals surface area contributed by atoms with E-state index >= 15 is 0 Å². The van der Waals surface area contributed by atoms with Crippen LogP contribution in [0.5, 0.6) is 0 Å². The van der Waals surface area contributed by atoms with Gasteiger partial charge in [0.1, 0.15) is 5.82 Å². The summed E-state index contributed by atoms with van der Waals surface area (Å²) in [4.78, 5) is 6.63. The Morgan fingerprint density at radius 1 is 1.38 bits per heavy atom. The second kappa shape index (κ2) is 4.80. The Bertz CT molecular complexity index is 364. The quantitative estimate of drug-likeness (QED) is 0.775. The maximum atomic E-state index is 9.08. The lowest BCUT2D eigenvalue weighted by Gasteiger charge is -2.23. The monoisotopic (exact) mass is 222 g/mol. The van der Waals surface area contributed by atoms with Gasteiger partial charge in [-0.1, -0.05) is 6.07 Å². The van der Waals surface area contributed by atoms with Crippen LogP contribution in [0, 0.1) is 6.92 Å². The lowest BCUT2D eigenvalue weighted by Crippen LogP contribution is -2.29. The Labute approximate surface area is 95.5 Å². The molecule has 0 amide bonds. The standard InChI is InChI=1S/C12H18N2O2/c1-9-10(8-16)2-5-12(13-9)14(6-7-15)11-3-4-11/h2,5,11,15-16H,3-4,6-8H2,1H3. The van der Waals surface area contributed by atoms with Gasteiger partial charge in [0.25, 0.3) is 0 Å². The molecule has 4 heteroatoms. The van der Waals surface area contributed by atoms with Gasteiger partial charge in [0.05, 0.1) is 13.2 Å². The average molecular weight is 222 g/mol. The van der Waals surface area contributed by atoms with Crippen molar-refractivity contribution in [1.29, 1.82) is 0 Å². The van der Waals surface area contributed by atoms with Gasteiger partial charge in [0.15, 0.2) is 0 Å². The van der Waals surface area contributed by atoms with E-state index in [0.717, 1.165) is 17.1 Å². The van der Waals surface area contributed by atoms with Crippen LogP contribution < -0.4 is 4.90 Å². The first-order valence-corrected chi connectivity index (χ1v) is 5.71. The predicted octanol–water partition coefficient (Wildman–Crippen LogP) is 0.843. The summed E-state index contributed by atoms with van der Waals surface area (Å²) in [6.45, 7) is 2.72. The Hall–Kier alpha value is -1.13. The second-order valence-electron chi connectivity index (χ2n) is 4.22. The minimum Gasteiger partial charge on any atom is -0.395 e. The topological polar surface area (TPSA) is 56.6 Å². The number of aryl methyl sites for hydroxylation is 1. The molecule has 16 heavy (non-hydrogen) atoms.